The molecule has 0 amide bonds. The van der Waals surface area contributed by atoms with Crippen LogP contribution in [0.1, 0.15) is 38.2 Å². The molecule has 0 saturated heterocycles. The number of hydrogen-bond acceptors (Lipinski definition) is 3. The van der Waals surface area contributed by atoms with Crippen LogP contribution < -0.4 is 5.32 Å². The van der Waals surface area contributed by atoms with Crippen LogP contribution in [0.5, 0.6) is 0 Å². The lowest BCUT2D eigenvalue weighted by molar-refractivity contribution is 0.296. The Morgan fingerprint density at radius 3 is 2.55 bits per heavy atom. The number of sulfone groups is 1. The first-order valence-corrected chi connectivity index (χ1v) is 9.02. The van der Waals surface area contributed by atoms with E-state index >= 15 is 0 Å². The molecule has 1 saturated carbocycles. The smallest absolute Gasteiger partial charge is 0.183 e. The lowest BCUT2D eigenvalue weighted by Gasteiger charge is -2.35. The molecule has 0 spiro atoms. The number of nitrogens with one attached hydrogen (secondary N) is 1. The van der Waals surface area contributed by atoms with E-state index in [2.05, 4.69) is 12.2 Å². The van der Waals surface area contributed by atoms with Crippen LogP contribution in [0.3, 0.4) is 0 Å². The third-order valence-corrected chi connectivity index (χ3v) is 7.04. The van der Waals surface area contributed by atoms with Crippen LogP contribution in [0, 0.1) is 12.8 Å². The molecule has 4 heteroatoms. The Morgan fingerprint density at radius 1 is 1.25 bits per heavy atom. The highest BCUT2D eigenvalue weighted by Gasteiger charge is 2.39. The fourth-order valence-corrected chi connectivity index (χ4v) is 5.64. The summed E-state index contributed by atoms with van der Waals surface area (Å²) in [6.45, 7) is 4.03. The zero-order chi connectivity index (χ0) is 14.8. The van der Waals surface area contributed by atoms with Gasteiger partial charge in [0, 0.05) is 6.04 Å². The lowest BCUT2D eigenvalue weighted by Crippen LogP contribution is -2.46. The molecule has 3 nitrogen and oxygen atoms in total. The summed E-state index contributed by atoms with van der Waals surface area (Å²) in [4.78, 5) is 0.502. The predicted octanol–water partition coefficient (Wildman–Crippen LogP) is 2.94. The van der Waals surface area contributed by atoms with Gasteiger partial charge in [0.15, 0.2) is 9.84 Å². The second-order valence-corrected chi connectivity index (χ2v) is 7.97. The minimum absolute atomic E-state index is 0.0717. The van der Waals surface area contributed by atoms with Crippen LogP contribution in [0.2, 0.25) is 0 Å². The summed E-state index contributed by atoms with van der Waals surface area (Å²) in [6, 6.07) is 7.39. The average molecular weight is 295 g/mol. The number of benzene rings is 1. The van der Waals surface area contributed by atoms with Gasteiger partial charge >= 0.3 is 0 Å². The van der Waals surface area contributed by atoms with Crippen molar-refractivity contribution in [2.24, 2.45) is 5.92 Å². The van der Waals surface area contributed by atoms with Crippen molar-refractivity contribution in [3.63, 3.8) is 0 Å². The third kappa shape index (κ3) is 2.91. The normalized spacial score (nSPS) is 27.4. The molecule has 3 unspecified atom stereocenters. The Labute approximate surface area is 122 Å². The summed E-state index contributed by atoms with van der Waals surface area (Å²) in [5, 5.41) is 2.92. The van der Waals surface area contributed by atoms with Gasteiger partial charge in [-0.3, -0.25) is 0 Å². The van der Waals surface area contributed by atoms with E-state index in [-0.39, 0.29) is 11.3 Å². The molecular weight excluding hydrogens is 270 g/mol. The maximum Gasteiger partial charge on any atom is 0.183 e. The molecule has 0 bridgehead atoms. The summed E-state index contributed by atoms with van der Waals surface area (Å²) in [7, 11) is -1.39. The number of aryl methyl sites for hydroxylation is 1. The molecule has 1 aromatic carbocycles. The molecule has 0 radical (unpaired) electrons. The first-order chi connectivity index (χ1) is 9.50. The molecule has 0 heterocycles. The molecule has 112 valence electrons. The summed E-state index contributed by atoms with van der Waals surface area (Å²) in [5.41, 5.74) is 0.848. The Bertz CT molecular complexity index is 553. The van der Waals surface area contributed by atoms with Crippen LogP contribution in [-0.2, 0) is 9.84 Å². The fraction of sp³-hybridized carbons (Fsp3) is 0.625. The highest BCUT2D eigenvalue weighted by molar-refractivity contribution is 7.92. The minimum Gasteiger partial charge on any atom is -0.316 e. The summed E-state index contributed by atoms with van der Waals surface area (Å²) >= 11 is 0. The van der Waals surface area contributed by atoms with Crippen LogP contribution in [0.25, 0.3) is 0 Å². The lowest BCUT2D eigenvalue weighted by atomic mass is 9.84. The molecular formula is C16H25NO2S. The van der Waals surface area contributed by atoms with Gasteiger partial charge in [0.1, 0.15) is 0 Å². The van der Waals surface area contributed by atoms with Gasteiger partial charge in [-0.25, -0.2) is 8.42 Å². The SMILES string of the molecule is CCC1CCC(NC)C(S(=O)(=O)c2ccccc2C)C1. The average Bonchev–Trinajstić information content (AvgIpc) is 2.46. The van der Waals surface area contributed by atoms with Gasteiger partial charge < -0.3 is 5.32 Å². The maximum absolute atomic E-state index is 13.0. The Morgan fingerprint density at radius 2 is 1.95 bits per heavy atom. The monoisotopic (exact) mass is 295 g/mol. The standard InChI is InChI=1S/C16H25NO2S/c1-4-13-9-10-14(17-3)16(11-13)20(18,19)15-8-6-5-7-12(15)2/h5-8,13-14,16-17H,4,9-11H2,1-3H3. The van der Waals surface area contributed by atoms with Crippen molar-refractivity contribution in [2.75, 3.05) is 7.05 Å². The molecule has 0 aliphatic heterocycles. The van der Waals surface area contributed by atoms with Crippen molar-refractivity contribution in [2.45, 2.75) is 55.7 Å². The first-order valence-electron chi connectivity index (χ1n) is 7.47. The van der Waals surface area contributed by atoms with Crippen molar-refractivity contribution in [3.8, 4) is 0 Å². The van der Waals surface area contributed by atoms with E-state index in [1.165, 1.54) is 0 Å². The molecule has 1 aliphatic carbocycles. The zero-order valence-corrected chi connectivity index (χ0v) is 13.4. The molecule has 1 aliphatic rings. The summed E-state index contributed by atoms with van der Waals surface area (Å²) in [5.74, 6) is 0.531. The fourth-order valence-electron chi connectivity index (χ4n) is 3.29. The van der Waals surface area contributed by atoms with Crippen LogP contribution in [0.15, 0.2) is 29.2 Å². The van der Waals surface area contributed by atoms with E-state index < -0.39 is 9.84 Å². The van der Waals surface area contributed by atoms with E-state index in [0.717, 1.165) is 31.2 Å². The Kier molecular flexibility index (Phi) is 4.86. The van der Waals surface area contributed by atoms with Crippen LogP contribution in [-0.4, -0.2) is 26.8 Å². The molecule has 2 rings (SSSR count). The molecule has 1 aromatic rings. The second kappa shape index (κ2) is 6.27. The largest absolute Gasteiger partial charge is 0.316 e. The molecule has 0 aromatic heterocycles. The topological polar surface area (TPSA) is 46.2 Å². The van der Waals surface area contributed by atoms with E-state index in [1.807, 2.05) is 32.2 Å². The van der Waals surface area contributed by atoms with Gasteiger partial charge in [0.25, 0.3) is 0 Å². The zero-order valence-electron chi connectivity index (χ0n) is 12.6. The van der Waals surface area contributed by atoms with Crippen molar-refractivity contribution in [3.05, 3.63) is 29.8 Å². The van der Waals surface area contributed by atoms with Gasteiger partial charge in [-0.15, -0.1) is 0 Å². The second-order valence-electron chi connectivity index (χ2n) is 5.83. The van der Waals surface area contributed by atoms with Crippen LogP contribution in [0.4, 0.5) is 0 Å². The van der Waals surface area contributed by atoms with Crippen molar-refractivity contribution >= 4 is 9.84 Å². The number of rotatable bonds is 4. The van der Waals surface area contributed by atoms with E-state index in [4.69, 9.17) is 0 Å². The van der Waals surface area contributed by atoms with Gasteiger partial charge in [0.05, 0.1) is 10.1 Å². The van der Waals surface area contributed by atoms with Gasteiger partial charge in [0.2, 0.25) is 0 Å². The van der Waals surface area contributed by atoms with Crippen molar-refractivity contribution in [1.82, 2.24) is 5.32 Å². The number of hydrogen-bond donors (Lipinski definition) is 1. The molecule has 1 N–H and O–H groups in total. The predicted molar refractivity (Wildman–Crippen MR) is 82.6 cm³/mol. The first kappa shape index (κ1) is 15.5. The van der Waals surface area contributed by atoms with E-state index in [9.17, 15) is 8.42 Å². The van der Waals surface area contributed by atoms with Gasteiger partial charge in [-0.2, -0.15) is 0 Å². The molecule has 1 fully saturated rings. The van der Waals surface area contributed by atoms with Gasteiger partial charge in [-0.05, 0) is 50.8 Å². The maximum atomic E-state index is 13.0. The Balaban J connectivity index is 2.38. The third-order valence-electron chi connectivity index (χ3n) is 4.65. The highest BCUT2D eigenvalue weighted by atomic mass is 32.2. The Hall–Kier alpha value is -0.870. The van der Waals surface area contributed by atoms with Gasteiger partial charge in [-0.1, -0.05) is 31.5 Å². The molecule has 3 atom stereocenters. The summed E-state index contributed by atoms with van der Waals surface area (Å²) < 4.78 is 26.0. The quantitative estimate of drug-likeness (QED) is 0.929. The highest BCUT2D eigenvalue weighted by Crippen LogP contribution is 2.34. The van der Waals surface area contributed by atoms with E-state index in [1.54, 1.807) is 6.07 Å². The molecule has 20 heavy (non-hydrogen) atoms. The summed E-state index contributed by atoms with van der Waals surface area (Å²) in [6.07, 6.45) is 3.92. The van der Waals surface area contributed by atoms with Crippen molar-refractivity contribution in [1.29, 1.82) is 0 Å². The minimum atomic E-state index is -3.26. The van der Waals surface area contributed by atoms with Crippen molar-refractivity contribution < 1.29 is 8.42 Å². The van der Waals surface area contributed by atoms with E-state index in [0.29, 0.717) is 10.8 Å². The van der Waals surface area contributed by atoms with Crippen LogP contribution >= 0.6 is 0 Å².